The lowest BCUT2D eigenvalue weighted by Gasteiger charge is -2.48. The molecule has 0 unspecified atom stereocenters. The summed E-state index contributed by atoms with van der Waals surface area (Å²) in [5.41, 5.74) is 32.5. The van der Waals surface area contributed by atoms with Crippen molar-refractivity contribution < 1.29 is 4.74 Å². The fourth-order valence-corrected chi connectivity index (χ4v) is 18.2. The Labute approximate surface area is 597 Å². The second kappa shape index (κ2) is 23.0. The predicted octanol–water partition coefficient (Wildman–Crippen LogP) is 21.9. The number of para-hydroxylation sites is 7. The van der Waals surface area contributed by atoms with Gasteiger partial charge in [-0.1, -0.05) is 281 Å². The number of hydrogen-bond acceptors (Lipinski definition) is 6. The number of nitrogens with zero attached hydrogens (tertiary/aromatic N) is 5. The minimum absolute atomic E-state index is 0.248. The molecule has 6 nitrogen and oxygen atoms in total. The van der Waals surface area contributed by atoms with Gasteiger partial charge in [0.1, 0.15) is 11.5 Å². The molecule has 0 bridgehead atoms. The molecule has 14 aromatic carbocycles. The van der Waals surface area contributed by atoms with Gasteiger partial charge in [-0.05, 0) is 135 Å². The fraction of sp³-hybridized carbons (Fsp3) is 0.0638. The molecule has 14 aromatic rings. The summed E-state index contributed by atoms with van der Waals surface area (Å²) < 4.78 is 8.14. The van der Waals surface area contributed by atoms with Crippen LogP contribution in [0.3, 0.4) is 0 Å². The van der Waals surface area contributed by atoms with Crippen LogP contribution in [-0.2, 0) is 10.8 Å². The number of allylic oxidation sites excluding steroid dienone is 2. The number of rotatable bonds is 11. The highest BCUT2D eigenvalue weighted by Crippen LogP contribution is 2.61. The molecule has 4 aliphatic heterocycles. The smallest absolute Gasteiger partial charge is 0.252 e. The second-order valence-electron chi connectivity index (χ2n) is 28.7. The number of ether oxygens (including phenoxy) is 1. The maximum absolute atomic E-state index is 8.14. The first-order valence-electron chi connectivity index (χ1n) is 35.6. The third kappa shape index (κ3) is 8.88. The highest BCUT2D eigenvalue weighted by molar-refractivity contribution is 6.99. The van der Waals surface area contributed by atoms with Crippen LogP contribution in [0.15, 0.2) is 357 Å². The molecule has 102 heavy (non-hydrogen) atoms. The van der Waals surface area contributed by atoms with E-state index in [2.05, 4.69) is 398 Å². The van der Waals surface area contributed by atoms with Crippen molar-refractivity contribution >= 4 is 121 Å². The van der Waals surface area contributed by atoms with Crippen LogP contribution in [0.5, 0.6) is 11.5 Å². The molecule has 4 heterocycles. The summed E-state index contributed by atoms with van der Waals surface area (Å²) in [6.45, 7) is 9.39. The van der Waals surface area contributed by atoms with Crippen molar-refractivity contribution in [1.82, 2.24) is 0 Å². The van der Waals surface area contributed by atoms with E-state index in [1.54, 1.807) is 0 Å². The molecule has 0 spiro atoms. The molecule has 0 aromatic heterocycles. The molecule has 0 saturated carbocycles. The maximum atomic E-state index is 8.14. The van der Waals surface area contributed by atoms with Crippen LogP contribution in [0.2, 0.25) is 0 Å². The highest BCUT2D eigenvalue weighted by atomic mass is 16.5. The zero-order valence-corrected chi connectivity index (χ0v) is 57.2. The number of anilines is 13. The van der Waals surface area contributed by atoms with Gasteiger partial charge in [0.05, 0.1) is 17.1 Å². The zero-order valence-electron chi connectivity index (χ0n) is 57.2. The van der Waals surface area contributed by atoms with Gasteiger partial charge in [0.2, 0.25) is 6.71 Å². The first-order valence-corrected chi connectivity index (χ1v) is 35.6. The van der Waals surface area contributed by atoms with Crippen LogP contribution in [0.1, 0.15) is 49.9 Å². The molecule has 6 aliphatic rings. The number of benzene rings is 14. The third-order valence-electron chi connectivity index (χ3n) is 22.4. The molecular formula is C94H69B2N5O. The Morgan fingerprint density at radius 1 is 0.284 bits per heavy atom. The van der Waals surface area contributed by atoms with Gasteiger partial charge in [0.15, 0.2) is 0 Å². The Hall–Kier alpha value is -12.5. The van der Waals surface area contributed by atoms with Gasteiger partial charge in [-0.2, -0.15) is 0 Å². The third-order valence-corrected chi connectivity index (χ3v) is 22.4. The van der Waals surface area contributed by atoms with Crippen LogP contribution < -0.4 is 51.1 Å². The zero-order chi connectivity index (χ0) is 68.0. The largest absolute Gasteiger partial charge is 0.458 e. The average Bonchev–Trinajstić information content (AvgIpc) is 1.31. The van der Waals surface area contributed by atoms with E-state index >= 15 is 0 Å². The van der Waals surface area contributed by atoms with Crippen LogP contribution in [0, 0.1) is 0 Å². The second-order valence-corrected chi connectivity index (χ2v) is 28.7. The van der Waals surface area contributed by atoms with Gasteiger partial charge in [0.25, 0.3) is 6.71 Å². The molecule has 0 atom stereocenters. The summed E-state index contributed by atoms with van der Waals surface area (Å²) in [6.07, 6.45) is 0. The van der Waals surface area contributed by atoms with E-state index in [-0.39, 0.29) is 13.4 Å². The van der Waals surface area contributed by atoms with E-state index in [0.717, 1.165) is 119 Å². The van der Waals surface area contributed by atoms with Gasteiger partial charge in [0, 0.05) is 113 Å². The summed E-state index contributed by atoms with van der Waals surface area (Å²) >= 11 is 0. The van der Waals surface area contributed by atoms with Crippen LogP contribution in [-0.4, -0.2) is 13.4 Å². The Morgan fingerprint density at radius 2 is 0.637 bits per heavy atom. The van der Waals surface area contributed by atoms with Crippen molar-refractivity contribution in [1.29, 1.82) is 0 Å². The molecule has 2 aliphatic carbocycles. The summed E-state index contributed by atoms with van der Waals surface area (Å²) in [7, 11) is 0. The standard InChI is InChI=1S/C94H69B2N5O/c1-93(2)76-54-31-29-50-74(76)89-91(93)95-78-60-79-84(102-85-59-71(98(66-42-21-9-22-43-66)67-44-23-10-24-45-67)58-83-87(85)96(79)92-90(100(83)69-48-27-12-28-49-69)75-51-30-32-55-77(75)94(92,3)4)61-80(78)101(88-72(62-34-13-5-14-35-62)52-33-53-73(88)63-36-15-6-16-37-63)82-57-70(56-81(86(82)95)99(89)68-46-25-11-26-47-68)97(64-38-17-7-18-39-64)65-40-19-8-20-41-65/h5-61H,1-4H3. The lowest BCUT2D eigenvalue weighted by Crippen LogP contribution is -2.60. The molecule has 0 amide bonds. The minimum atomic E-state index is -0.453. The Morgan fingerprint density at radius 3 is 1.08 bits per heavy atom. The lowest BCUT2D eigenvalue weighted by molar-refractivity contribution is 0.487. The van der Waals surface area contributed by atoms with E-state index in [0.29, 0.717) is 0 Å². The average molecular weight is 1310 g/mol. The van der Waals surface area contributed by atoms with Gasteiger partial charge >= 0.3 is 0 Å². The Bertz CT molecular complexity index is 5620. The predicted molar refractivity (Wildman–Crippen MR) is 428 cm³/mol. The van der Waals surface area contributed by atoms with Crippen molar-refractivity contribution in [3.05, 3.63) is 379 Å². The molecule has 482 valence electrons. The molecule has 0 saturated heterocycles. The monoisotopic (exact) mass is 1310 g/mol. The fourth-order valence-electron chi connectivity index (χ4n) is 18.2. The highest BCUT2D eigenvalue weighted by Gasteiger charge is 2.57. The number of hydrogen-bond donors (Lipinski definition) is 0. The van der Waals surface area contributed by atoms with Crippen molar-refractivity contribution in [2.75, 3.05) is 24.5 Å². The van der Waals surface area contributed by atoms with Gasteiger partial charge in [-0.3, -0.25) is 0 Å². The van der Waals surface area contributed by atoms with E-state index in [9.17, 15) is 0 Å². The first kappa shape index (κ1) is 59.5. The molecular weight excluding hydrogens is 1240 g/mol. The van der Waals surface area contributed by atoms with Crippen molar-refractivity contribution in [3.63, 3.8) is 0 Å². The van der Waals surface area contributed by atoms with Crippen LogP contribution in [0.25, 0.3) is 33.6 Å². The Kier molecular flexibility index (Phi) is 13.4. The minimum Gasteiger partial charge on any atom is -0.458 e. The van der Waals surface area contributed by atoms with Crippen molar-refractivity contribution in [3.8, 4) is 33.8 Å². The normalized spacial score (nSPS) is 14.9. The molecule has 0 N–H and O–H groups in total. The van der Waals surface area contributed by atoms with E-state index in [1.807, 2.05) is 0 Å². The summed E-state index contributed by atoms with van der Waals surface area (Å²) in [4.78, 5) is 12.7. The lowest BCUT2D eigenvalue weighted by atomic mass is 9.27. The summed E-state index contributed by atoms with van der Waals surface area (Å²) in [5.74, 6) is 1.66. The summed E-state index contributed by atoms with van der Waals surface area (Å²) in [6, 6.07) is 128. The van der Waals surface area contributed by atoms with Crippen molar-refractivity contribution in [2.24, 2.45) is 0 Å². The van der Waals surface area contributed by atoms with Gasteiger partial charge in [-0.15, -0.1) is 0 Å². The maximum Gasteiger partial charge on any atom is 0.252 e. The summed E-state index contributed by atoms with van der Waals surface area (Å²) in [5, 5.41) is 0. The Balaban J connectivity index is 0.952. The van der Waals surface area contributed by atoms with E-state index in [1.165, 1.54) is 55.5 Å². The molecule has 20 rings (SSSR count). The van der Waals surface area contributed by atoms with E-state index < -0.39 is 10.8 Å². The van der Waals surface area contributed by atoms with Crippen LogP contribution in [0.4, 0.5) is 73.9 Å². The molecule has 0 radical (unpaired) electrons. The first-order chi connectivity index (χ1) is 50.2. The number of fused-ring (bicyclic) bond motifs is 10. The van der Waals surface area contributed by atoms with Gasteiger partial charge < -0.3 is 29.2 Å². The van der Waals surface area contributed by atoms with E-state index in [4.69, 9.17) is 4.74 Å². The SMILES string of the molecule is CC1(C)C2=C(c3ccccc31)N(c1ccccc1)c1cc(N(c3ccccc3)c3ccccc3)cc3c1B2c1cc2c(cc1O3)N(c1c(-c3ccccc3)cccc1-c1ccccc1)c1cc(N(c3ccccc3)c3ccccc3)cc3c1B2C1=C(c2ccccc2C1(C)C)N3c1ccccc1. The van der Waals surface area contributed by atoms with Crippen molar-refractivity contribution in [2.45, 2.75) is 38.5 Å². The van der Waals surface area contributed by atoms with Gasteiger partial charge in [-0.25, -0.2) is 0 Å². The molecule has 0 fully saturated rings. The molecule has 8 heteroatoms. The quantitative estimate of drug-likeness (QED) is 0.120. The topological polar surface area (TPSA) is 25.4 Å². The van der Waals surface area contributed by atoms with Crippen LogP contribution >= 0.6 is 0 Å².